The lowest BCUT2D eigenvalue weighted by atomic mass is 10.1. The zero-order valence-electron chi connectivity index (χ0n) is 13.1. The maximum Gasteiger partial charge on any atom is 0.222 e. The van der Waals surface area contributed by atoms with Gasteiger partial charge >= 0.3 is 0 Å². The molecule has 1 N–H and O–H groups in total. The number of carbonyl (C=O) groups excluding carboxylic acids is 1. The first-order chi connectivity index (χ1) is 10.6. The van der Waals surface area contributed by atoms with Gasteiger partial charge in [-0.2, -0.15) is 5.10 Å². The summed E-state index contributed by atoms with van der Waals surface area (Å²) in [4.78, 5) is 16.6. The molecule has 5 nitrogen and oxygen atoms in total. The molecule has 6 heteroatoms. The predicted octanol–water partition coefficient (Wildman–Crippen LogP) is 3.05. The van der Waals surface area contributed by atoms with Gasteiger partial charge in [-0.25, -0.2) is 4.68 Å². The molecule has 0 spiro atoms. The zero-order chi connectivity index (χ0) is 15.5. The monoisotopic (exact) mass is 318 g/mol. The molecule has 1 fully saturated rings. The first-order valence-corrected chi connectivity index (χ1v) is 8.52. The fourth-order valence-electron chi connectivity index (χ4n) is 3.00. The molecule has 0 aliphatic carbocycles. The van der Waals surface area contributed by atoms with Crippen molar-refractivity contribution in [2.75, 3.05) is 18.4 Å². The van der Waals surface area contributed by atoms with Gasteiger partial charge in [-0.15, -0.1) is 11.3 Å². The lowest BCUT2D eigenvalue weighted by molar-refractivity contribution is -0.114. The molecule has 1 amide bonds. The van der Waals surface area contributed by atoms with Gasteiger partial charge in [0.1, 0.15) is 5.82 Å². The second kappa shape index (κ2) is 6.62. The minimum absolute atomic E-state index is 0.0488. The molecule has 0 bridgehead atoms. The van der Waals surface area contributed by atoms with Crippen molar-refractivity contribution in [1.82, 2.24) is 14.7 Å². The molecule has 0 radical (unpaired) electrons. The van der Waals surface area contributed by atoms with Crippen LogP contribution in [0.5, 0.6) is 0 Å². The van der Waals surface area contributed by atoms with Gasteiger partial charge in [0.05, 0.1) is 12.2 Å². The lowest BCUT2D eigenvalue weighted by Crippen LogP contribution is -2.34. The standard InChI is InChI=1S/C16H22N4OS/c1-12-3-4-15(22-12)11-19-9-6-14(7-10-19)20-16(5-8-17-20)18-13(2)21/h3-5,8,14H,6-7,9-11H2,1-2H3,(H,18,21). The number of aromatic nitrogens is 2. The average molecular weight is 318 g/mol. The summed E-state index contributed by atoms with van der Waals surface area (Å²) in [6, 6.07) is 6.66. The van der Waals surface area contributed by atoms with Crippen LogP contribution in [-0.2, 0) is 11.3 Å². The Labute approximate surface area is 134 Å². The molecule has 3 rings (SSSR count). The smallest absolute Gasteiger partial charge is 0.222 e. The summed E-state index contributed by atoms with van der Waals surface area (Å²) in [5, 5.41) is 7.24. The van der Waals surface area contributed by atoms with Crippen molar-refractivity contribution in [2.24, 2.45) is 0 Å². The van der Waals surface area contributed by atoms with Crippen LogP contribution in [0.1, 0.15) is 35.6 Å². The highest BCUT2D eigenvalue weighted by Gasteiger charge is 2.23. The van der Waals surface area contributed by atoms with E-state index in [2.05, 4.69) is 34.4 Å². The number of hydrogen-bond acceptors (Lipinski definition) is 4. The van der Waals surface area contributed by atoms with Crippen LogP contribution in [0.2, 0.25) is 0 Å². The lowest BCUT2D eigenvalue weighted by Gasteiger charge is -2.32. The summed E-state index contributed by atoms with van der Waals surface area (Å²) < 4.78 is 1.97. The Morgan fingerprint density at radius 1 is 1.36 bits per heavy atom. The van der Waals surface area contributed by atoms with E-state index >= 15 is 0 Å². The molecule has 0 atom stereocenters. The Bertz CT molecular complexity index is 640. The van der Waals surface area contributed by atoms with Gasteiger partial charge in [-0.05, 0) is 31.9 Å². The molecule has 22 heavy (non-hydrogen) atoms. The fourth-order valence-corrected chi connectivity index (χ4v) is 3.93. The van der Waals surface area contributed by atoms with Gasteiger partial charge in [0.25, 0.3) is 0 Å². The van der Waals surface area contributed by atoms with Gasteiger partial charge in [0.2, 0.25) is 5.91 Å². The summed E-state index contributed by atoms with van der Waals surface area (Å²) in [7, 11) is 0. The number of nitrogens with zero attached hydrogens (tertiary/aromatic N) is 3. The SMILES string of the molecule is CC(=O)Nc1ccnn1C1CCN(Cc2ccc(C)s2)CC1. The maximum atomic E-state index is 11.2. The van der Waals surface area contributed by atoms with Gasteiger partial charge in [-0.1, -0.05) is 0 Å². The normalized spacial score (nSPS) is 16.8. The van der Waals surface area contributed by atoms with Crippen LogP contribution in [0.15, 0.2) is 24.4 Å². The third-order valence-corrected chi connectivity index (χ3v) is 5.04. The van der Waals surface area contributed by atoms with Crippen molar-refractivity contribution < 1.29 is 4.79 Å². The molecule has 2 aromatic rings. The van der Waals surface area contributed by atoms with E-state index in [1.807, 2.05) is 22.1 Å². The number of amides is 1. The Kier molecular flexibility index (Phi) is 4.59. The third-order valence-electron chi connectivity index (χ3n) is 4.05. The molecule has 3 heterocycles. The molecule has 1 aliphatic heterocycles. The van der Waals surface area contributed by atoms with Crippen molar-refractivity contribution in [3.8, 4) is 0 Å². The number of piperidine rings is 1. The quantitative estimate of drug-likeness (QED) is 0.942. The van der Waals surface area contributed by atoms with Gasteiger partial charge in [-0.3, -0.25) is 9.69 Å². The molecule has 1 aliphatic rings. The van der Waals surface area contributed by atoms with E-state index in [0.717, 1.165) is 38.3 Å². The molecule has 0 saturated carbocycles. The van der Waals surface area contributed by atoms with Crippen LogP contribution >= 0.6 is 11.3 Å². The van der Waals surface area contributed by atoms with Gasteiger partial charge in [0.15, 0.2) is 0 Å². The van der Waals surface area contributed by atoms with Crippen LogP contribution in [0, 0.1) is 6.92 Å². The summed E-state index contributed by atoms with van der Waals surface area (Å²) >= 11 is 1.88. The Morgan fingerprint density at radius 3 is 2.77 bits per heavy atom. The predicted molar refractivity (Wildman–Crippen MR) is 89.1 cm³/mol. The number of aryl methyl sites for hydroxylation is 1. The van der Waals surface area contributed by atoms with Gasteiger partial charge < -0.3 is 5.32 Å². The number of rotatable bonds is 4. The van der Waals surface area contributed by atoms with E-state index in [4.69, 9.17) is 0 Å². The Hall–Kier alpha value is -1.66. The van der Waals surface area contributed by atoms with Crippen molar-refractivity contribution in [3.63, 3.8) is 0 Å². The molecule has 118 valence electrons. The second-order valence-corrected chi connectivity index (χ2v) is 7.23. The minimum atomic E-state index is -0.0488. The fraction of sp³-hybridized carbons (Fsp3) is 0.500. The van der Waals surface area contributed by atoms with Gasteiger partial charge in [0, 0.05) is 42.4 Å². The molecular weight excluding hydrogens is 296 g/mol. The topological polar surface area (TPSA) is 50.2 Å². The number of thiophene rings is 1. The molecule has 2 aromatic heterocycles. The largest absolute Gasteiger partial charge is 0.311 e. The summed E-state index contributed by atoms with van der Waals surface area (Å²) in [6.45, 7) is 6.87. The van der Waals surface area contributed by atoms with E-state index in [-0.39, 0.29) is 5.91 Å². The van der Waals surface area contributed by atoms with E-state index in [9.17, 15) is 4.79 Å². The maximum absolute atomic E-state index is 11.2. The van der Waals surface area contributed by atoms with E-state index in [1.165, 1.54) is 16.7 Å². The highest BCUT2D eigenvalue weighted by molar-refractivity contribution is 7.11. The second-order valence-electron chi connectivity index (χ2n) is 5.86. The van der Waals surface area contributed by atoms with Crippen molar-refractivity contribution >= 4 is 23.1 Å². The summed E-state index contributed by atoms with van der Waals surface area (Å²) in [5.74, 6) is 0.757. The van der Waals surface area contributed by atoms with E-state index in [0.29, 0.717) is 6.04 Å². The van der Waals surface area contributed by atoms with E-state index in [1.54, 1.807) is 6.20 Å². The van der Waals surface area contributed by atoms with Crippen LogP contribution < -0.4 is 5.32 Å². The Balaban J connectivity index is 1.57. The highest BCUT2D eigenvalue weighted by atomic mass is 32.1. The highest BCUT2D eigenvalue weighted by Crippen LogP contribution is 2.27. The van der Waals surface area contributed by atoms with Crippen molar-refractivity contribution in [1.29, 1.82) is 0 Å². The van der Waals surface area contributed by atoms with Crippen LogP contribution in [0.3, 0.4) is 0 Å². The third kappa shape index (κ3) is 3.56. The number of nitrogens with one attached hydrogen (secondary N) is 1. The van der Waals surface area contributed by atoms with E-state index < -0.39 is 0 Å². The summed E-state index contributed by atoms with van der Waals surface area (Å²) in [5.41, 5.74) is 0. The number of carbonyl (C=O) groups is 1. The van der Waals surface area contributed by atoms with Crippen molar-refractivity contribution in [2.45, 2.75) is 39.3 Å². The number of hydrogen-bond donors (Lipinski definition) is 1. The van der Waals surface area contributed by atoms with Crippen molar-refractivity contribution in [3.05, 3.63) is 34.2 Å². The molecule has 0 unspecified atom stereocenters. The molecule has 1 saturated heterocycles. The summed E-state index contributed by atoms with van der Waals surface area (Å²) in [6.07, 6.45) is 3.89. The first kappa shape index (κ1) is 15.2. The molecule has 0 aromatic carbocycles. The Morgan fingerprint density at radius 2 is 2.14 bits per heavy atom. The average Bonchev–Trinajstić information content (AvgIpc) is 3.09. The number of likely N-dealkylation sites (tertiary alicyclic amines) is 1. The van der Waals surface area contributed by atoms with Crippen LogP contribution in [0.4, 0.5) is 5.82 Å². The van der Waals surface area contributed by atoms with Crippen LogP contribution in [0.25, 0.3) is 0 Å². The van der Waals surface area contributed by atoms with Crippen LogP contribution in [-0.4, -0.2) is 33.7 Å². The number of anilines is 1. The zero-order valence-corrected chi connectivity index (χ0v) is 13.9. The first-order valence-electron chi connectivity index (χ1n) is 7.70. The minimum Gasteiger partial charge on any atom is -0.311 e. The molecular formula is C16H22N4OS.